The van der Waals surface area contributed by atoms with E-state index in [4.69, 9.17) is 14.8 Å². The number of pyridine rings is 1. The summed E-state index contributed by atoms with van der Waals surface area (Å²) in [6, 6.07) is 19.0. The molecule has 1 aliphatic heterocycles. The third-order valence-corrected chi connectivity index (χ3v) is 9.39. The fraction of sp³-hybridized carbons (Fsp3) is 0.316. The maximum absolute atomic E-state index is 11.8. The first-order chi connectivity index (χ1) is 24.8. The molecule has 51 heavy (non-hydrogen) atoms. The maximum Gasteiger partial charge on any atom is 0.285 e. The summed E-state index contributed by atoms with van der Waals surface area (Å²) in [6.07, 6.45) is 10.4. The molecule has 2 aromatic carbocycles. The molecule has 0 N–H and O–H groups in total. The van der Waals surface area contributed by atoms with E-state index in [9.17, 15) is 9.59 Å². The predicted octanol–water partition coefficient (Wildman–Crippen LogP) is 6.00. The summed E-state index contributed by atoms with van der Waals surface area (Å²) in [5, 5.41) is 24.1. The van der Waals surface area contributed by atoms with Gasteiger partial charge in [-0.3, -0.25) is 24.1 Å². The molecule has 5 heterocycles. The zero-order chi connectivity index (χ0) is 35.1. The quantitative estimate of drug-likeness (QED) is 0.0966. The van der Waals surface area contributed by atoms with Crippen molar-refractivity contribution in [2.24, 2.45) is 24.0 Å². The number of hydrogen-bond donors (Lipinski definition) is 0. The molecule has 2 amide bonds. The smallest absolute Gasteiger partial charge is 0.285 e. The summed E-state index contributed by atoms with van der Waals surface area (Å²) in [6.45, 7) is 5.16. The molecule has 2 saturated carbocycles. The molecule has 4 aromatic heterocycles. The van der Waals surface area contributed by atoms with Gasteiger partial charge in [-0.2, -0.15) is 14.7 Å². The third-order valence-electron chi connectivity index (χ3n) is 9.39. The van der Waals surface area contributed by atoms with E-state index in [0.717, 1.165) is 62.7 Å². The minimum atomic E-state index is -0.346. The van der Waals surface area contributed by atoms with Crippen molar-refractivity contribution in [3.8, 4) is 11.1 Å². The van der Waals surface area contributed by atoms with E-state index >= 15 is 0 Å². The predicted molar refractivity (Wildman–Crippen MR) is 189 cm³/mol. The molecule has 2 aliphatic carbocycles. The van der Waals surface area contributed by atoms with Crippen LogP contribution in [0.4, 0.5) is 0 Å². The Balaban J connectivity index is 0.000000194. The lowest BCUT2D eigenvalue weighted by Crippen LogP contribution is -2.30. The first-order valence-corrected chi connectivity index (χ1v) is 17.2. The van der Waals surface area contributed by atoms with E-state index in [2.05, 4.69) is 50.6 Å². The number of fused-ring (bicyclic) bond motifs is 3. The highest BCUT2D eigenvalue weighted by molar-refractivity contribution is 6.20. The van der Waals surface area contributed by atoms with Gasteiger partial charge in [0, 0.05) is 41.9 Å². The minimum Gasteiger partial charge on any atom is -0.395 e. The second-order valence-corrected chi connectivity index (χ2v) is 13.5. The van der Waals surface area contributed by atoms with E-state index in [1.165, 1.54) is 12.8 Å². The molecule has 13 heteroatoms. The summed E-state index contributed by atoms with van der Waals surface area (Å²) < 4.78 is 3.59. The molecular weight excluding hydrogens is 646 g/mol. The molecule has 9 rings (SSSR count). The lowest BCUT2D eigenvalue weighted by molar-refractivity contribution is -0.0950. The lowest BCUT2D eigenvalue weighted by Gasteiger charge is -2.12. The molecule has 0 spiro atoms. The second kappa shape index (κ2) is 13.5. The molecule has 0 bridgehead atoms. The van der Waals surface area contributed by atoms with Crippen LogP contribution in [0.3, 0.4) is 0 Å². The van der Waals surface area contributed by atoms with Crippen LogP contribution in [0, 0.1) is 11.8 Å². The Hall–Kier alpha value is -5.82. The number of aromatic nitrogens is 7. The summed E-state index contributed by atoms with van der Waals surface area (Å²) in [4.78, 5) is 39.0. The van der Waals surface area contributed by atoms with Crippen LogP contribution in [0.5, 0.6) is 0 Å². The Morgan fingerprint density at radius 2 is 1.65 bits per heavy atom. The number of aryl methyl sites for hydroxylation is 1. The molecule has 13 nitrogen and oxygen atoms in total. The van der Waals surface area contributed by atoms with Crippen molar-refractivity contribution in [3.63, 3.8) is 0 Å². The first kappa shape index (κ1) is 32.4. The standard InChI is InChI=1S/C26H26N8O.C12H11NO3/c1-16(19-6-7-24-20(10-19)11-21(12-27-24)22-13-28-33(3)14-22)26-30-29-25-9-8-23(31-34(25)26)17(2)32-35-15-18-4-5-18;14-11-9-3-1-2-4-10(9)12(15)13(11)16-7-8-5-6-8/h6-14,16,18H,4-5,15H2,1-3H3;1-4,8H,5-7H2/b32-17+;. The second-order valence-electron chi connectivity index (χ2n) is 13.5. The van der Waals surface area contributed by atoms with Crippen LogP contribution in [0.1, 0.15) is 83.2 Å². The molecule has 3 aliphatic rings. The van der Waals surface area contributed by atoms with Gasteiger partial charge in [-0.05, 0) is 92.5 Å². The van der Waals surface area contributed by atoms with E-state index in [0.29, 0.717) is 41.8 Å². The number of nitrogens with zero attached hydrogens (tertiary/aromatic N) is 9. The topological polar surface area (TPSA) is 142 Å². The van der Waals surface area contributed by atoms with Gasteiger partial charge in [-0.15, -0.1) is 15.3 Å². The van der Waals surface area contributed by atoms with Crippen LogP contribution in [0.2, 0.25) is 0 Å². The molecule has 258 valence electrons. The van der Waals surface area contributed by atoms with Crippen molar-refractivity contribution in [1.29, 1.82) is 0 Å². The van der Waals surface area contributed by atoms with E-state index in [1.54, 1.807) is 33.5 Å². The highest BCUT2D eigenvalue weighted by Crippen LogP contribution is 2.32. The fourth-order valence-electron chi connectivity index (χ4n) is 5.88. The van der Waals surface area contributed by atoms with Gasteiger partial charge in [-0.25, -0.2) is 0 Å². The van der Waals surface area contributed by atoms with Crippen LogP contribution in [0.25, 0.3) is 27.7 Å². The summed E-state index contributed by atoms with van der Waals surface area (Å²) in [5.74, 6) is 1.23. The van der Waals surface area contributed by atoms with Gasteiger partial charge in [0.05, 0.1) is 29.4 Å². The van der Waals surface area contributed by atoms with Gasteiger partial charge < -0.3 is 4.84 Å². The van der Waals surface area contributed by atoms with Crippen molar-refractivity contribution in [3.05, 3.63) is 107 Å². The Morgan fingerprint density at radius 1 is 0.902 bits per heavy atom. The number of benzene rings is 2. The van der Waals surface area contributed by atoms with Crippen LogP contribution < -0.4 is 0 Å². The summed E-state index contributed by atoms with van der Waals surface area (Å²) in [7, 11) is 1.91. The normalized spacial score (nSPS) is 16.4. The van der Waals surface area contributed by atoms with E-state index in [1.807, 2.05) is 50.8 Å². The van der Waals surface area contributed by atoms with Crippen molar-refractivity contribution in [1.82, 2.24) is 39.6 Å². The Bertz CT molecular complexity index is 2270. The number of imide groups is 1. The first-order valence-electron chi connectivity index (χ1n) is 17.2. The molecule has 1 unspecified atom stereocenters. The number of carbonyl (C=O) groups is 2. The Kier molecular flexibility index (Phi) is 8.56. The van der Waals surface area contributed by atoms with Gasteiger partial charge in [0.15, 0.2) is 11.5 Å². The SMILES string of the molecule is C/C(=N\OCC1CC1)c1ccc2nnc(C(C)c3ccc4ncc(-c5cnn(C)c5)cc4c3)n2n1.O=C1c2ccccc2C(=O)N1OCC1CC1. The number of hydroxylamine groups is 2. The molecule has 0 radical (unpaired) electrons. The van der Waals surface area contributed by atoms with Crippen molar-refractivity contribution in [2.45, 2.75) is 45.4 Å². The van der Waals surface area contributed by atoms with Crippen molar-refractivity contribution < 1.29 is 19.3 Å². The fourth-order valence-corrected chi connectivity index (χ4v) is 5.88. The van der Waals surface area contributed by atoms with Crippen LogP contribution in [-0.4, -0.2) is 70.4 Å². The van der Waals surface area contributed by atoms with Gasteiger partial charge in [0.25, 0.3) is 11.8 Å². The van der Waals surface area contributed by atoms with Gasteiger partial charge >= 0.3 is 0 Å². The molecule has 0 saturated heterocycles. The van der Waals surface area contributed by atoms with Gasteiger partial charge in [0.1, 0.15) is 18.0 Å². The maximum atomic E-state index is 11.8. The highest BCUT2D eigenvalue weighted by atomic mass is 16.7. The van der Waals surface area contributed by atoms with Crippen molar-refractivity contribution in [2.75, 3.05) is 13.2 Å². The average Bonchev–Trinajstić information content (AvgIpc) is 4.07. The minimum absolute atomic E-state index is 0.0254. The van der Waals surface area contributed by atoms with Crippen LogP contribution in [0.15, 0.2) is 84.4 Å². The zero-order valence-electron chi connectivity index (χ0n) is 28.6. The lowest BCUT2D eigenvalue weighted by atomic mass is 9.98. The number of oxime groups is 1. The average molecular weight is 684 g/mol. The third kappa shape index (κ3) is 6.84. The van der Waals surface area contributed by atoms with E-state index in [-0.39, 0.29) is 17.7 Å². The van der Waals surface area contributed by atoms with Gasteiger partial charge in [0.2, 0.25) is 0 Å². The summed E-state index contributed by atoms with van der Waals surface area (Å²) >= 11 is 0. The number of amides is 2. The van der Waals surface area contributed by atoms with Crippen LogP contribution >= 0.6 is 0 Å². The Morgan fingerprint density at radius 3 is 2.35 bits per heavy atom. The van der Waals surface area contributed by atoms with Crippen LogP contribution in [-0.2, 0) is 16.7 Å². The molecule has 1 atom stereocenters. The number of hydrogen-bond acceptors (Lipinski definition) is 10. The Labute approximate surface area is 293 Å². The monoisotopic (exact) mass is 683 g/mol. The number of carbonyl (C=O) groups excluding carboxylic acids is 2. The molecule has 6 aromatic rings. The highest BCUT2D eigenvalue weighted by Gasteiger charge is 2.37. The largest absolute Gasteiger partial charge is 0.395 e. The number of rotatable bonds is 10. The molecule has 2 fully saturated rings. The van der Waals surface area contributed by atoms with Gasteiger partial charge in [-0.1, -0.05) is 30.3 Å². The van der Waals surface area contributed by atoms with Crippen molar-refractivity contribution >= 4 is 34.1 Å². The molecular formula is C38H37N9O4. The van der Waals surface area contributed by atoms with E-state index < -0.39 is 0 Å². The zero-order valence-corrected chi connectivity index (χ0v) is 28.6. The summed E-state index contributed by atoms with van der Waals surface area (Å²) in [5.41, 5.74) is 7.17.